The van der Waals surface area contributed by atoms with Crippen molar-refractivity contribution < 1.29 is 21.3 Å². The van der Waals surface area contributed by atoms with E-state index in [-0.39, 0.29) is 0 Å². The average Bonchev–Trinajstić information content (AvgIpc) is 3.48. The molecule has 0 N–H and O–H groups in total. The van der Waals surface area contributed by atoms with Crippen LogP contribution in [0.2, 0.25) is 0 Å². The van der Waals surface area contributed by atoms with Gasteiger partial charge in [-0.25, -0.2) is 0 Å². The van der Waals surface area contributed by atoms with Gasteiger partial charge in [-0.05, 0) is 0 Å². The average molecular weight is 566 g/mol. The summed E-state index contributed by atoms with van der Waals surface area (Å²) in [4.78, 5) is 0. The Labute approximate surface area is 233 Å². The summed E-state index contributed by atoms with van der Waals surface area (Å²) in [6.45, 7) is 4.71. The van der Waals surface area contributed by atoms with Crippen molar-refractivity contribution in [3.63, 3.8) is 0 Å². The molecule has 0 saturated heterocycles. The van der Waals surface area contributed by atoms with Gasteiger partial charge < -0.3 is 0 Å². The Balaban J connectivity index is 1.64. The topological polar surface area (TPSA) is 0 Å². The van der Waals surface area contributed by atoms with Gasteiger partial charge >= 0.3 is 235 Å². The third kappa shape index (κ3) is 3.79. The van der Waals surface area contributed by atoms with E-state index in [4.69, 9.17) is 0 Å². The van der Waals surface area contributed by atoms with Crippen LogP contribution in [0.3, 0.4) is 0 Å². The monoisotopic (exact) mass is 564 g/mol. The summed E-state index contributed by atoms with van der Waals surface area (Å²) in [6.07, 6.45) is 2.48. The van der Waals surface area contributed by atoms with Gasteiger partial charge in [-0.1, -0.05) is 0 Å². The van der Waals surface area contributed by atoms with Crippen LogP contribution in [0.1, 0.15) is 53.1 Å². The Morgan fingerprint density at radius 1 is 0.526 bits per heavy atom. The second kappa shape index (κ2) is 9.72. The van der Waals surface area contributed by atoms with Crippen LogP contribution in [0.15, 0.2) is 133 Å². The molecular weight excluding hydrogens is 536 g/mol. The van der Waals surface area contributed by atoms with Crippen molar-refractivity contribution in [1.29, 1.82) is 0 Å². The zero-order valence-corrected chi connectivity index (χ0v) is 24.3. The number of hydrogen-bond acceptors (Lipinski definition) is 0. The van der Waals surface area contributed by atoms with Gasteiger partial charge in [-0.15, -0.1) is 0 Å². The van der Waals surface area contributed by atoms with Crippen LogP contribution in [-0.4, -0.2) is 3.21 Å². The van der Waals surface area contributed by atoms with Crippen LogP contribution >= 0.6 is 0 Å². The van der Waals surface area contributed by atoms with Crippen molar-refractivity contribution in [2.75, 3.05) is 0 Å². The summed E-state index contributed by atoms with van der Waals surface area (Å²) >= 11 is -2.72. The summed E-state index contributed by atoms with van der Waals surface area (Å²) < 4.78 is 2.55. The van der Waals surface area contributed by atoms with E-state index in [0.29, 0.717) is 7.25 Å². The number of fused-ring (bicyclic) bond motifs is 4. The molecule has 5 aromatic rings. The summed E-state index contributed by atoms with van der Waals surface area (Å²) in [7, 11) is 0. The van der Waals surface area contributed by atoms with E-state index in [1.54, 1.807) is 8.77 Å². The first-order valence-electron chi connectivity index (χ1n) is 13.5. The molecule has 1 unspecified atom stereocenters. The predicted molar refractivity (Wildman–Crippen MR) is 157 cm³/mol. The number of allylic oxidation sites excluding steroid dienone is 1. The second-order valence-electron chi connectivity index (χ2n) is 10.6. The summed E-state index contributed by atoms with van der Waals surface area (Å²) in [6, 6.07) is 47.9. The molecule has 0 aliphatic heterocycles. The van der Waals surface area contributed by atoms with E-state index >= 15 is 0 Å². The molecule has 2 aliphatic rings. The van der Waals surface area contributed by atoms with Gasteiger partial charge in [0.25, 0.3) is 0 Å². The molecule has 0 bridgehead atoms. The van der Waals surface area contributed by atoms with Crippen molar-refractivity contribution in [2.24, 2.45) is 0 Å². The minimum absolute atomic E-state index is 0.444. The fourth-order valence-corrected chi connectivity index (χ4v) is 17.6. The molecule has 1 atom stereocenters. The summed E-state index contributed by atoms with van der Waals surface area (Å²) in [5, 5.41) is 0. The van der Waals surface area contributed by atoms with Crippen LogP contribution in [0.25, 0.3) is 17.2 Å². The quantitative estimate of drug-likeness (QED) is 0.204. The minimum atomic E-state index is -2.72. The fraction of sp³-hybridized carbons (Fsp3) is 0.108. The Morgan fingerprint density at radius 3 is 1.63 bits per heavy atom. The zero-order chi connectivity index (χ0) is 25.6. The van der Waals surface area contributed by atoms with Gasteiger partial charge in [-0.2, -0.15) is 0 Å². The van der Waals surface area contributed by atoms with Gasteiger partial charge in [0.2, 0.25) is 0 Å². The summed E-state index contributed by atoms with van der Waals surface area (Å²) in [5.74, 6) is 0. The van der Waals surface area contributed by atoms with Crippen LogP contribution in [0.5, 0.6) is 0 Å². The van der Waals surface area contributed by atoms with Crippen LogP contribution < -0.4 is 0 Å². The second-order valence-corrected chi connectivity index (χ2v) is 16.9. The summed E-state index contributed by atoms with van der Waals surface area (Å²) in [5.41, 5.74) is 14.7. The molecule has 0 aromatic heterocycles. The van der Waals surface area contributed by atoms with E-state index in [1.165, 1.54) is 50.1 Å². The molecule has 1 heteroatoms. The van der Waals surface area contributed by atoms with Gasteiger partial charge in [0, 0.05) is 0 Å². The molecule has 2 aliphatic carbocycles. The first-order chi connectivity index (χ1) is 18.7. The number of hydrogen-bond donors (Lipinski definition) is 0. The molecule has 7 rings (SSSR count). The molecule has 182 valence electrons. The number of aryl methyl sites for hydroxylation is 1. The normalized spacial score (nSPS) is 15.4. The van der Waals surface area contributed by atoms with Crippen LogP contribution in [0.4, 0.5) is 0 Å². The van der Waals surface area contributed by atoms with Crippen LogP contribution in [0, 0.1) is 6.92 Å². The predicted octanol–water partition coefficient (Wildman–Crippen LogP) is 9.11. The van der Waals surface area contributed by atoms with Crippen molar-refractivity contribution in [1.82, 2.24) is 0 Å². The molecule has 0 radical (unpaired) electrons. The molecule has 0 nitrogen and oxygen atoms in total. The first kappa shape index (κ1) is 23.7. The Kier molecular flexibility index (Phi) is 6.06. The zero-order valence-electron chi connectivity index (χ0n) is 21.9. The Morgan fingerprint density at radius 2 is 1.05 bits per heavy atom. The van der Waals surface area contributed by atoms with Crippen molar-refractivity contribution in [2.45, 2.75) is 21.1 Å². The van der Waals surface area contributed by atoms with E-state index in [0.717, 1.165) is 0 Å². The third-order valence-corrected chi connectivity index (χ3v) is 17.6. The number of rotatable bonds is 4. The molecule has 0 heterocycles. The molecule has 0 saturated carbocycles. The maximum absolute atomic E-state index is 2.72. The van der Waals surface area contributed by atoms with Gasteiger partial charge in [-0.3, -0.25) is 0 Å². The fourth-order valence-electron chi connectivity index (χ4n) is 6.84. The van der Waals surface area contributed by atoms with E-state index in [2.05, 4.69) is 147 Å². The maximum atomic E-state index is 2.48. The van der Waals surface area contributed by atoms with Crippen molar-refractivity contribution in [3.05, 3.63) is 172 Å². The van der Waals surface area contributed by atoms with Crippen molar-refractivity contribution >= 4 is 9.28 Å². The first-order valence-corrected chi connectivity index (χ1v) is 17.6. The molecule has 5 aromatic carbocycles. The Hall–Kier alpha value is -3.41. The molecule has 0 spiro atoms. The van der Waals surface area contributed by atoms with Gasteiger partial charge in [0.15, 0.2) is 0 Å². The standard InChI is InChI=1S/C13H9.C13H10.C11H11.Zr/c1-3-7-12-10(5-1)9-11-6-2-4-8-13(11)12;1-3-7-12(8-4-1)11-13-9-5-2-6-10-13;1-8-6-10-5-3-4-9(2)11(10)7-8;/h1-9H;1-10H;3-7H,1-2H3;. The van der Waals surface area contributed by atoms with Crippen molar-refractivity contribution in [3.8, 4) is 11.1 Å². The Bertz CT molecular complexity index is 1640. The molecule has 0 amide bonds. The SMILES string of the molecule is CC1=Cc2cccc(C)c2[CH]1[Zr](=[C](c1ccccc1)c1ccccc1)[CH]1c2ccccc2-c2ccccc21. The van der Waals surface area contributed by atoms with Crippen LogP contribution in [-0.2, 0) is 21.3 Å². The molecule has 0 fully saturated rings. The van der Waals surface area contributed by atoms with E-state index < -0.39 is 21.3 Å². The third-order valence-electron chi connectivity index (χ3n) is 8.35. The number of benzene rings is 5. The van der Waals surface area contributed by atoms with Gasteiger partial charge in [0.05, 0.1) is 0 Å². The van der Waals surface area contributed by atoms with E-state index in [1.807, 2.05) is 0 Å². The van der Waals surface area contributed by atoms with E-state index in [9.17, 15) is 0 Å². The molecule has 38 heavy (non-hydrogen) atoms. The molecular formula is C37H30Zr. The van der Waals surface area contributed by atoms with Gasteiger partial charge in [0.1, 0.15) is 0 Å².